The van der Waals surface area contributed by atoms with Gasteiger partial charge in [-0.1, -0.05) is 39.7 Å². The van der Waals surface area contributed by atoms with Gasteiger partial charge < -0.3 is 10.5 Å². The van der Waals surface area contributed by atoms with E-state index in [1.165, 1.54) is 0 Å². The van der Waals surface area contributed by atoms with E-state index in [-0.39, 0.29) is 0 Å². The highest BCUT2D eigenvalue weighted by Gasteiger charge is 2.05. The summed E-state index contributed by atoms with van der Waals surface area (Å²) in [6, 6.07) is 13.6. The Morgan fingerprint density at radius 2 is 2.00 bits per heavy atom. The van der Waals surface area contributed by atoms with E-state index in [0.717, 1.165) is 32.8 Å². The molecule has 0 aromatic heterocycles. The van der Waals surface area contributed by atoms with Crippen molar-refractivity contribution in [2.75, 3.05) is 6.54 Å². The van der Waals surface area contributed by atoms with Gasteiger partial charge in [0.2, 0.25) is 0 Å². The van der Waals surface area contributed by atoms with E-state index in [9.17, 15) is 0 Å². The molecule has 4 heteroatoms. The van der Waals surface area contributed by atoms with Crippen LogP contribution >= 0.6 is 27.5 Å². The fourth-order valence-corrected chi connectivity index (χ4v) is 2.45. The maximum Gasteiger partial charge on any atom is 0.123 e. The molecule has 0 aliphatic heterocycles. The Bertz CT molecular complexity index is 560. The maximum atomic E-state index is 5.95. The van der Waals surface area contributed by atoms with Crippen LogP contribution in [0.5, 0.6) is 5.75 Å². The summed E-state index contributed by atoms with van der Waals surface area (Å²) in [6.45, 7) is 1.10. The normalized spacial score (nSPS) is 10.5. The zero-order valence-corrected chi connectivity index (χ0v) is 12.7. The lowest BCUT2D eigenvalue weighted by Gasteiger charge is -2.11. The van der Waals surface area contributed by atoms with Gasteiger partial charge in [-0.15, -0.1) is 0 Å². The second kappa shape index (κ2) is 6.94. The molecule has 0 aliphatic rings. The number of hydrogen-bond donors (Lipinski definition) is 1. The first-order valence-electron chi connectivity index (χ1n) is 6.05. The zero-order valence-electron chi connectivity index (χ0n) is 10.4. The standard InChI is InChI=1S/C15H15BrClNO/c16-13-4-5-15(12(9-13)6-7-18)19-10-11-2-1-3-14(17)8-11/h1-5,8-9H,6-7,10,18H2. The Morgan fingerprint density at radius 3 is 2.74 bits per heavy atom. The average Bonchev–Trinajstić information content (AvgIpc) is 2.38. The summed E-state index contributed by atoms with van der Waals surface area (Å²) >= 11 is 9.41. The monoisotopic (exact) mass is 339 g/mol. The van der Waals surface area contributed by atoms with Crippen molar-refractivity contribution < 1.29 is 4.74 Å². The average molecular weight is 341 g/mol. The zero-order chi connectivity index (χ0) is 13.7. The number of benzene rings is 2. The molecule has 0 heterocycles. The van der Waals surface area contributed by atoms with Crippen LogP contribution in [0.1, 0.15) is 11.1 Å². The lowest BCUT2D eigenvalue weighted by Crippen LogP contribution is -2.05. The second-order valence-corrected chi connectivity index (χ2v) is 5.56. The van der Waals surface area contributed by atoms with Crippen molar-refractivity contribution in [3.8, 4) is 5.75 Å². The molecule has 2 N–H and O–H groups in total. The third-order valence-electron chi connectivity index (χ3n) is 2.72. The van der Waals surface area contributed by atoms with Gasteiger partial charge >= 0.3 is 0 Å². The highest BCUT2D eigenvalue weighted by molar-refractivity contribution is 9.10. The van der Waals surface area contributed by atoms with Gasteiger partial charge in [0.25, 0.3) is 0 Å². The Kier molecular flexibility index (Phi) is 5.25. The van der Waals surface area contributed by atoms with Crippen LogP contribution in [0.3, 0.4) is 0 Å². The summed E-state index contributed by atoms with van der Waals surface area (Å²) in [4.78, 5) is 0. The Hall–Kier alpha value is -1.03. The summed E-state index contributed by atoms with van der Waals surface area (Å²) in [5, 5.41) is 0.721. The summed E-state index contributed by atoms with van der Waals surface area (Å²) in [7, 11) is 0. The van der Waals surface area contributed by atoms with Crippen LogP contribution < -0.4 is 10.5 Å². The summed E-state index contributed by atoms with van der Waals surface area (Å²) in [5.41, 5.74) is 7.78. The summed E-state index contributed by atoms with van der Waals surface area (Å²) in [5.74, 6) is 0.869. The van der Waals surface area contributed by atoms with E-state index in [0.29, 0.717) is 13.2 Å². The molecule has 0 atom stereocenters. The molecule has 2 nitrogen and oxygen atoms in total. The first-order chi connectivity index (χ1) is 9.19. The molecule has 0 amide bonds. The first-order valence-corrected chi connectivity index (χ1v) is 7.22. The number of nitrogens with two attached hydrogens (primary N) is 1. The van der Waals surface area contributed by atoms with Crippen LogP contribution in [0.15, 0.2) is 46.9 Å². The molecular formula is C15H15BrClNO. The van der Waals surface area contributed by atoms with Crippen LogP contribution in [0, 0.1) is 0 Å². The van der Waals surface area contributed by atoms with Gasteiger partial charge in [-0.2, -0.15) is 0 Å². The minimum Gasteiger partial charge on any atom is -0.489 e. The van der Waals surface area contributed by atoms with Gasteiger partial charge in [-0.05, 0) is 54.4 Å². The van der Waals surface area contributed by atoms with Crippen molar-refractivity contribution in [1.82, 2.24) is 0 Å². The third kappa shape index (κ3) is 4.23. The van der Waals surface area contributed by atoms with Crippen LogP contribution in [-0.4, -0.2) is 6.54 Å². The molecule has 0 radical (unpaired) electrons. The van der Waals surface area contributed by atoms with E-state index in [1.54, 1.807) is 0 Å². The SMILES string of the molecule is NCCc1cc(Br)ccc1OCc1cccc(Cl)c1. The minimum atomic E-state index is 0.500. The topological polar surface area (TPSA) is 35.2 Å². The quantitative estimate of drug-likeness (QED) is 0.886. The van der Waals surface area contributed by atoms with Crippen molar-refractivity contribution in [3.05, 3.63) is 63.1 Å². The lowest BCUT2D eigenvalue weighted by atomic mass is 10.1. The Labute approximate surface area is 126 Å². The van der Waals surface area contributed by atoms with E-state index >= 15 is 0 Å². The second-order valence-electron chi connectivity index (χ2n) is 4.21. The van der Waals surface area contributed by atoms with Gasteiger partial charge in [0.05, 0.1) is 0 Å². The van der Waals surface area contributed by atoms with Gasteiger partial charge in [-0.3, -0.25) is 0 Å². The third-order valence-corrected chi connectivity index (χ3v) is 3.45. The molecule has 100 valence electrons. The molecular weight excluding hydrogens is 326 g/mol. The number of rotatable bonds is 5. The van der Waals surface area contributed by atoms with Gasteiger partial charge in [-0.25, -0.2) is 0 Å². The molecule has 0 aliphatic carbocycles. The Balaban J connectivity index is 2.10. The van der Waals surface area contributed by atoms with Crippen molar-refractivity contribution in [2.45, 2.75) is 13.0 Å². The van der Waals surface area contributed by atoms with E-state index in [2.05, 4.69) is 15.9 Å². The molecule has 19 heavy (non-hydrogen) atoms. The van der Waals surface area contributed by atoms with E-state index < -0.39 is 0 Å². The molecule has 0 unspecified atom stereocenters. The van der Waals surface area contributed by atoms with Crippen LogP contribution in [0.2, 0.25) is 5.02 Å². The lowest BCUT2D eigenvalue weighted by molar-refractivity contribution is 0.303. The number of hydrogen-bond acceptors (Lipinski definition) is 2. The molecule has 2 rings (SSSR count). The molecule has 0 bridgehead atoms. The van der Waals surface area contributed by atoms with Gasteiger partial charge in [0, 0.05) is 9.50 Å². The van der Waals surface area contributed by atoms with E-state index in [4.69, 9.17) is 22.1 Å². The number of ether oxygens (including phenoxy) is 1. The molecule has 0 fully saturated rings. The van der Waals surface area contributed by atoms with Crippen molar-refractivity contribution in [2.24, 2.45) is 5.73 Å². The van der Waals surface area contributed by atoms with Gasteiger partial charge in [0.1, 0.15) is 12.4 Å². The van der Waals surface area contributed by atoms with Gasteiger partial charge in [0.15, 0.2) is 0 Å². The van der Waals surface area contributed by atoms with Crippen molar-refractivity contribution in [1.29, 1.82) is 0 Å². The molecule has 2 aromatic rings. The van der Waals surface area contributed by atoms with Crippen LogP contribution in [-0.2, 0) is 13.0 Å². The minimum absolute atomic E-state index is 0.500. The van der Waals surface area contributed by atoms with Crippen molar-refractivity contribution >= 4 is 27.5 Å². The fraction of sp³-hybridized carbons (Fsp3) is 0.200. The fourth-order valence-electron chi connectivity index (χ4n) is 1.83. The predicted molar refractivity (Wildman–Crippen MR) is 82.7 cm³/mol. The first kappa shape index (κ1) is 14.4. The van der Waals surface area contributed by atoms with E-state index in [1.807, 2.05) is 42.5 Å². The van der Waals surface area contributed by atoms with Crippen molar-refractivity contribution in [3.63, 3.8) is 0 Å². The smallest absolute Gasteiger partial charge is 0.123 e. The predicted octanol–water partition coefficient (Wildman–Crippen LogP) is 4.18. The summed E-state index contributed by atoms with van der Waals surface area (Å²) < 4.78 is 6.88. The molecule has 0 saturated carbocycles. The molecule has 0 spiro atoms. The Morgan fingerprint density at radius 1 is 1.16 bits per heavy atom. The van der Waals surface area contributed by atoms with Crippen LogP contribution in [0.25, 0.3) is 0 Å². The molecule has 0 saturated heterocycles. The highest BCUT2D eigenvalue weighted by atomic mass is 79.9. The number of halogens is 2. The molecule has 2 aromatic carbocycles. The largest absolute Gasteiger partial charge is 0.489 e. The maximum absolute atomic E-state index is 5.95. The highest BCUT2D eigenvalue weighted by Crippen LogP contribution is 2.24. The van der Waals surface area contributed by atoms with Crippen LogP contribution in [0.4, 0.5) is 0 Å². The summed E-state index contributed by atoms with van der Waals surface area (Å²) in [6.07, 6.45) is 0.796.